The lowest BCUT2D eigenvalue weighted by Crippen LogP contribution is -2.57. The summed E-state index contributed by atoms with van der Waals surface area (Å²) in [4.78, 5) is 0. The summed E-state index contributed by atoms with van der Waals surface area (Å²) in [6.07, 6.45) is 3.81. The molecule has 3 rings (SSSR count). The summed E-state index contributed by atoms with van der Waals surface area (Å²) in [7, 11) is 0. The fourth-order valence-corrected chi connectivity index (χ4v) is 4.01. The molecule has 2 aliphatic rings. The van der Waals surface area contributed by atoms with Gasteiger partial charge in [-0.05, 0) is 42.9 Å². The Morgan fingerprint density at radius 3 is 3.00 bits per heavy atom. The van der Waals surface area contributed by atoms with Crippen LogP contribution in [0.15, 0.2) is 24.3 Å². The Kier molecular flexibility index (Phi) is 2.32. The lowest BCUT2D eigenvalue weighted by Gasteiger charge is -2.52. The second kappa shape index (κ2) is 3.59. The fraction of sp³-hybridized carbons (Fsp3) is 0.600. The Morgan fingerprint density at radius 1 is 1.38 bits per heavy atom. The molecular formula is C15H21N. The molecule has 1 aromatic carbocycles. The highest BCUT2D eigenvalue weighted by atomic mass is 14.9. The molecule has 0 unspecified atom stereocenters. The molecule has 1 aliphatic carbocycles. The summed E-state index contributed by atoms with van der Waals surface area (Å²) < 4.78 is 0. The van der Waals surface area contributed by atoms with E-state index in [0.29, 0.717) is 11.5 Å². The molecule has 1 N–H and O–H groups in total. The molecule has 1 nitrogen and oxygen atoms in total. The summed E-state index contributed by atoms with van der Waals surface area (Å²) in [5, 5.41) is 3.70. The van der Waals surface area contributed by atoms with E-state index >= 15 is 0 Å². The highest BCUT2D eigenvalue weighted by molar-refractivity contribution is 5.40. The van der Waals surface area contributed by atoms with E-state index < -0.39 is 0 Å². The molecule has 1 saturated heterocycles. The molecule has 0 saturated carbocycles. The second-order valence-electron chi connectivity index (χ2n) is 5.47. The lowest BCUT2D eigenvalue weighted by atomic mass is 9.57. The molecule has 0 amide bonds. The third-order valence-electron chi connectivity index (χ3n) is 5.08. The number of hydrogen-bond donors (Lipinski definition) is 1. The lowest BCUT2D eigenvalue weighted by molar-refractivity contribution is 0.136. The van der Waals surface area contributed by atoms with Crippen LogP contribution in [0.5, 0.6) is 0 Å². The van der Waals surface area contributed by atoms with Gasteiger partial charge in [-0.1, -0.05) is 38.1 Å². The largest absolute Gasteiger partial charge is 0.313 e. The van der Waals surface area contributed by atoms with Crippen LogP contribution in [0.4, 0.5) is 0 Å². The zero-order valence-electron chi connectivity index (χ0n) is 10.3. The average molecular weight is 215 g/mol. The maximum Gasteiger partial charge on any atom is 0.0142 e. The summed E-state index contributed by atoms with van der Waals surface area (Å²) >= 11 is 0. The predicted molar refractivity (Wildman–Crippen MR) is 67.7 cm³/mol. The van der Waals surface area contributed by atoms with Gasteiger partial charge in [0.05, 0.1) is 0 Å². The van der Waals surface area contributed by atoms with Crippen LogP contribution >= 0.6 is 0 Å². The number of rotatable bonds is 1. The molecule has 3 atom stereocenters. The highest BCUT2D eigenvalue weighted by Crippen LogP contribution is 2.48. The fourth-order valence-electron chi connectivity index (χ4n) is 4.01. The minimum atomic E-state index is 0.449. The Labute approximate surface area is 98.3 Å². The third-order valence-corrected chi connectivity index (χ3v) is 5.08. The van der Waals surface area contributed by atoms with E-state index in [9.17, 15) is 0 Å². The topological polar surface area (TPSA) is 12.0 Å². The van der Waals surface area contributed by atoms with Gasteiger partial charge in [0.2, 0.25) is 0 Å². The van der Waals surface area contributed by atoms with Crippen molar-refractivity contribution < 1.29 is 0 Å². The first-order valence-corrected chi connectivity index (χ1v) is 6.59. The zero-order valence-corrected chi connectivity index (χ0v) is 10.3. The van der Waals surface area contributed by atoms with Gasteiger partial charge in [0.25, 0.3) is 0 Å². The Balaban J connectivity index is 2.17. The zero-order chi connectivity index (χ0) is 11.2. The number of piperidine rings is 1. The molecule has 86 valence electrons. The van der Waals surface area contributed by atoms with Gasteiger partial charge in [0.15, 0.2) is 0 Å². The summed E-state index contributed by atoms with van der Waals surface area (Å²) in [5.74, 6) is 0.779. The maximum absolute atomic E-state index is 3.70. The van der Waals surface area contributed by atoms with Crippen LogP contribution in [0, 0.1) is 5.92 Å². The summed E-state index contributed by atoms with van der Waals surface area (Å²) in [6, 6.07) is 9.80. The van der Waals surface area contributed by atoms with Crippen LogP contribution in [-0.4, -0.2) is 12.6 Å². The molecule has 1 aromatic rings. The molecule has 0 aromatic heterocycles. The Bertz CT molecular complexity index is 398. The van der Waals surface area contributed by atoms with Gasteiger partial charge in [-0.3, -0.25) is 0 Å². The molecular weight excluding hydrogens is 194 g/mol. The van der Waals surface area contributed by atoms with E-state index in [-0.39, 0.29) is 0 Å². The van der Waals surface area contributed by atoms with Gasteiger partial charge in [-0.25, -0.2) is 0 Å². The monoisotopic (exact) mass is 215 g/mol. The van der Waals surface area contributed by atoms with Crippen LogP contribution in [0.1, 0.15) is 37.8 Å². The second-order valence-corrected chi connectivity index (χ2v) is 5.47. The van der Waals surface area contributed by atoms with Gasteiger partial charge in [-0.15, -0.1) is 0 Å². The number of benzene rings is 1. The first-order valence-electron chi connectivity index (χ1n) is 6.59. The SMILES string of the molecule is CC[C@]12CCN[C@H](Cc3ccccc31)[C@H]2C. The van der Waals surface area contributed by atoms with Crippen molar-refractivity contribution in [2.24, 2.45) is 5.92 Å². The molecule has 0 spiro atoms. The molecule has 16 heavy (non-hydrogen) atoms. The maximum atomic E-state index is 3.70. The summed E-state index contributed by atoms with van der Waals surface area (Å²) in [6.45, 7) is 5.99. The molecule has 1 heteroatoms. The van der Waals surface area contributed by atoms with Crippen LogP contribution in [-0.2, 0) is 11.8 Å². The number of fused-ring (bicyclic) bond motifs is 4. The van der Waals surface area contributed by atoms with E-state index in [4.69, 9.17) is 0 Å². The van der Waals surface area contributed by atoms with Crippen LogP contribution < -0.4 is 5.32 Å². The molecule has 2 bridgehead atoms. The molecule has 1 heterocycles. The van der Waals surface area contributed by atoms with Crippen molar-refractivity contribution in [1.82, 2.24) is 5.32 Å². The quantitative estimate of drug-likeness (QED) is 0.759. The Hall–Kier alpha value is -0.820. The van der Waals surface area contributed by atoms with Crippen molar-refractivity contribution in [3.63, 3.8) is 0 Å². The van der Waals surface area contributed by atoms with Gasteiger partial charge in [0.1, 0.15) is 0 Å². The number of hydrogen-bond acceptors (Lipinski definition) is 1. The highest BCUT2D eigenvalue weighted by Gasteiger charge is 2.46. The van der Waals surface area contributed by atoms with E-state index in [0.717, 1.165) is 5.92 Å². The van der Waals surface area contributed by atoms with Gasteiger partial charge >= 0.3 is 0 Å². The van der Waals surface area contributed by atoms with Crippen LogP contribution in [0.25, 0.3) is 0 Å². The van der Waals surface area contributed by atoms with Crippen molar-refractivity contribution in [3.05, 3.63) is 35.4 Å². The third kappa shape index (κ3) is 1.21. The first-order chi connectivity index (χ1) is 7.78. The van der Waals surface area contributed by atoms with Crippen molar-refractivity contribution in [3.8, 4) is 0 Å². The van der Waals surface area contributed by atoms with E-state index in [1.165, 1.54) is 25.8 Å². The Morgan fingerprint density at radius 2 is 2.19 bits per heavy atom. The van der Waals surface area contributed by atoms with Crippen molar-refractivity contribution in [1.29, 1.82) is 0 Å². The van der Waals surface area contributed by atoms with Crippen molar-refractivity contribution in [2.75, 3.05) is 6.54 Å². The first kappa shape index (κ1) is 10.3. The van der Waals surface area contributed by atoms with Crippen molar-refractivity contribution in [2.45, 2.75) is 44.6 Å². The predicted octanol–water partition coefficient (Wildman–Crippen LogP) is 2.89. The number of nitrogens with one attached hydrogen (secondary N) is 1. The standard InChI is InChI=1S/C15H21N/c1-3-15-8-9-16-14(11(15)2)10-12-6-4-5-7-13(12)15/h4-7,11,14,16H,3,8-10H2,1-2H3/t11-,14-,15-/m1/s1. The minimum Gasteiger partial charge on any atom is -0.313 e. The summed E-state index contributed by atoms with van der Waals surface area (Å²) in [5.41, 5.74) is 3.67. The van der Waals surface area contributed by atoms with Gasteiger partial charge in [0, 0.05) is 11.5 Å². The van der Waals surface area contributed by atoms with Gasteiger partial charge in [-0.2, -0.15) is 0 Å². The van der Waals surface area contributed by atoms with E-state index in [1.54, 1.807) is 11.1 Å². The normalized spacial score (nSPS) is 36.9. The van der Waals surface area contributed by atoms with Crippen molar-refractivity contribution >= 4 is 0 Å². The van der Waals surface area contributed by atoms with Crippen LogP contribution in [0.2, 0.25) is 0 Å². The molecule has 1 aliphatic heterocycles. The smallest absolute Gasteiger partial charge is 0.0142 e. The van der Waals surface area contributed by atoms with Crippen LogP contribution in [0.3, 0.4) is 0 Å². The average Bonchev–Trinajstić information content (AvgIpc) is 2.30. The molecule has 1 fully saturated rings. The van der Waals surface area contributed by atoms with E-state index in [1.807, 2.05) is 0 Å². The molecule has 0 radical (unpaired) electrons. The van der Waals surface area contributed by atoms with E-state index in [2.05, 4.69) is 43.4 Å². The minimum absolute atomic E-state index is 0.449. The van der Waals surface area contributed by atoms with Gasteiger partial charge < -0.3 is 5.32 Å².